The van der Waals surface area contributed by atoms with Gasteiger partial charge in [0.05, 0.1) is 41.1 Å². The Hall–Kier alpha value is -4.73. The number of nitriles is 1. The van der Waals surface area contributed by atoms with Gasteiger partial charge in [-0.3, -0.25) is 24.8 Å². The van der Waals surface area contributed by atoms with Gasteiger partial charge in [-0.2, -0.15) is 10.4 Å². The Morgan fingerprint density at radius 1 is 1.08 bits per heavy atom. The molecule has 0 aromatic carbocycles. The minimum Gasteiger partial charge on any atom is -0.335 e. The smallest absolute Gasteiger partial charge is 0.238 e. The van der Waals surface area contributed by atoms with E-state index in [1.165, 1.54) is 6.20 Å². The lowest BCUT2D eigenvalue weighted by Gasteiger charge is -2.31. The van der Waals surface area contributed by atoms with Crippen molar-refractivity contribution >= 4 is 33.7 Å². The average Bonchev–Trinajstić information content (AvgIpc) is 3.53. The SMILES string of the molecule is CN1CCN(CC(=O)Nc2cncc(-c3cnc4[nH]nc(-c5nc6c(C#N)cncc6[nH]5)c4c3)c2)CC1. The number of rotatable bonds is 5. The molecule has 5 aromatic rings. The Bertz CT molecular complexity index is 1660. The van der Waals surface area contributed by atoms with Crippen LogP contribution in [0.2, 0.25) is 0 Å². The molecule has 1 fully saturated rings. The largest absolute Gasteiger partial charge is 0.335 e. The first-order chi connectivity index (χ1) is 18.1. The molecule has 0 radical (unpaired) electrons. The Morgan fingerprint density at radius 2 is 1.89 bits per heavy atom. The van der Waals surface area contributed by atoms with Crippen LogP contribution in [0.1, 0.15) is 5.56 Å². The zero-order valence-corrected chi connectivity index (χ0v) is 20.1. The van der Waals surface area contributed by atoms with Gasteiger partial charge in [-0.1, -0.05) is 0 Å². The van der Waals surface area contributed by atoms with Gasteiger partial charge in [0.2, 0.25) is 5.91 Å². The summed E-state index contributed by atoms with van der Waals surface area (Å²) in [6.45, 7) is 4.02. The maximum Gasteiger partial charge on any atom is 0.238 e. The van der Waals surface area contributed by atoms with Gasteiger partial charge in [-0.05, 0) is 19.2 Å². The summed E-state index contributed by atoms with van der Waals surface area (Å²) >= 11 is 0. The molecular formula is C25H23N11O. The maximum absolute atomic E-state index is 12.6. The molecule has 0 saturated carbocycles. The van der Waals surface area contributed by atoms with Gasteiger partial charge in [0.1, 0.15) is 17.3 Å². The average molecular weight is 494 g/mol. The van der Waals surface area contributed by atoms with Gasteiger partial charge in [-0.25, -0.2) is 9.97 Å². The fourth-order valence-electron chi connectivity index (χ4n) is 4.44. The molecule has 6 rings (SSSR count). The van der Waals surface area contributed by atoms with E-state index >= 15 is 0 Å². The molecule has 0 spiro atoms. The van der Waals surface area contributed by atoms with Gasteiger partial charge in [0.25, 0.3) is 0 Å². The van der Waals surface area contributed by atoms with E-state index in [0.29, 0.717) is 46.0 Å². The second kappa shape index (κ2) is 9.38. The highest BCUT2D eigenvalue weighted by molar-refractivity contribution is 5.95. The molecule has 0 unspecified atom stereocenters. The third-order valence-corrected chi connectivity index (χ3v) is 6.47. The number of aromatic nitrogens is 7. The van der Waals surface area contributed by atoms with E-state index in [1.54, 1.807) is 24.8 Å². The van der Waals surface area contributed by atoms with Gasteiger partial charge < -0.3 is 15.2 Å². The number of aromatic amines is 2. The molecule has 0 aliphatic carbocycles. The second-order valence-electron chi connectivity index (χ2n) is 9.06. The number of carbonyl (C=O) groups is 1. The topological polar surface area (TPSA) is 155 Å². The van der Waals surface area contributed by atoms with Gasteiger partial charge in [0, 0.05) is 55.9 Å². The predicted octanol–water partition coefficient (Wildman–Crippen LogP) is 2.02. The number of pyridine rings is 3. The van der Waals surface area contributed by atoms with E-state index in [4.69, 9.17) is 0 Å². The van der Waals surface area contributed by atoms with Crippen LogP contribution in [0.25, 0.3) is 44.7 Å². The zero-order chi connectivity index (χ0) is 25.4. The summed E-state index contributed by atoms with van der Waals surface area (Å²) in [6, 6.07) is 5.94. The third kappa shape index (κ3) is 4.49. The van der Waals surface area contributed by atoms with Crippen molar-refractivity contribution in [2.45, 2.75) is 0 Å². The van der Waals surface area contributed by atoms with Crippen LogP contribution in [0.3, 0.4) is 0 Å². The second-order valence-corrected chi connectivity index (χ2v) is 9.06. The van der Waals surface area contributed by atoms with Crippen molar-refractivity contribution in [1.29, 1.82) is 5.26 Å². The van der Waals surface area contributed by atoms with E-state index in [0.717, 1.165) is 42.7 Å². The lowest BCUT2D eigenvalue weighted by atomic mass is 10.1. The lowest BCUT2D eigenvalue weighted by molar-refractivity contribution is -0.117. The van der Waals surface area contributed by atoms with Crippen LogP contribution in [0.15, 0.2) is 43.1 Å². The number of amides is 1. The monoisotopic (exact) mass is 493 g/mol. The minimum absolute atomic E-state index is 0.0645. The Labute approximate surface area is 211 Å². The molecule has 12 nitrogen and oxygen atoms in total. The van der Waals surface area contributed by atoms with Gasteiger partial charge >= 0.3 is 0 Å². The number of likely N-dealkylation sites (N-methyl/N-ethyl adjacent to an activating group) is 1. The number of piperazine rings is 1. The first-order valence-corrected chi connectivity index (χ1v) is 11.8. The first kappa shape index (κ1) is 22.7. The summed E-state index contributed by atoms with van der Waals surface area (Å²) in [4.78, 5) is 37.7. The van der Waals surface area contributed by atoms with Crippen molar-refractivity contribution in [1.82, 2.24) is 44.9 Å². The standard InChI is InChI=1S/C25H23N11O/c1-35-2-4-36(5-3-35)14-21(37)30-18-6-15(9-27-12-18)16-7-19-23(33-34-24(19)29-11-16)25-31-20-13-28-10-17(8-26)22(20)32-25/h6-7,9-13H,2-5,14H2,1H3,(H,30,37)(H,31,32)(H,29,33,34). The molecule has 1 saturated heterocycles. The maximum atomic E-state index is 12.6. The fraction of sp³-hybridized carbons (Fsp3) is 0.240. The summed E-state index contributed by atoms with van der Waals surface area (Å²) in [7, 11) is 2.09. The number of carbonyl (C=O) groups excluding carboxylic acids is 1. The normalized spacial score (nSPS) is 14.7. The number of nitrogens with zero attached hydrogens (tertiary/aromatic N) is 8. The van der Waals surface area contributed by atoms with Crippen LogP contribution < -0.4 is 5.32 Å². The Balaban J connectivity index is 1.26. The number of hydrogen-bond donors (Lipinski definition) is 3. The van der Waals surface area contributed by atoms with E-state index in [1.807, 2.05) is 12.1 Å². The zero-order valence-electron chi connectivity index (χ0n) is 20.1. The van der Waals surface area contributed by atoms with E-state index in [9.17, 15) is 10.1 Å². The molecule has 3 N–H and O–H groups in total. The molecule has 1 aliphatic rings. The number of imidazole rings is 1. The quantitative estimate of drug-likeness (QED) is 0.333. The molecule has 37 heavy (non-hydrogen) atoms. The number of hydrogen-bond acceptors (Lipinski definition) is 9. The number of H-pyrrole nitrogens is 2. The van der Waals surface area contributed by atoms with Crippen LogP contribution in [-0.2, 0) is 4.79 Å². The van der Waals surface area contributed by atoms with Gasteiger partial charge in [-0.15, -0.1) is 0 Å². The van der Waals surface area contributed by atoms with Crippen molar-refractivity contribution in [3.8, 4) is 28.7 Å². The van der Waals surface area contributed by atoms with Gasteiger partial charge in [0.15, 0.2) is 11.5 Å². The summed E-state index contributed by atoms with van der Waals surface area (Å²) in [5, 5.41) is 20.4. The van der Waals surface area contributed by atoms with Crippen LogP contribution in [0, 0.1) is 11.3 Å². The number of fused-ring (bicyclic) bond motifs is 2. The molecule has 1 aliphatic heterocycles. The van der Waals surface area contributed by atoms with Crippen LogP contribution in [0.4, 0.5) is 5.69 Å². The molecule has 12 heteroatoms. The van der Waals surface area contributed by atoms with Crippen molar-refractivity contribution in [2.24, 2.45) is 0 Å². The highest BCUT2D eigenvalue weighted by atomic mass is 16.2. The molecule has 1 amide bonds. The highest BCUT2D eigenvalue weighted by Gasteiger charge is 2.18. The molecule has 184 valence electrons. The molecular weight excluding hydrogens is 470 g/mol. The van der Waals surface area contributed by atoms with Crippen LogP contribution in [-0.4, -0.2) is 90.6 Å². The molecule has 0 atom stereocenters. The van der Waals surface area contributed by atoms with Crippen LogP contribution >= 0.6 is 0 Å². The van der Waals surface area contributed by atoms with E-state index < -0.39 is 0 Å². The minimum atomic E-state index is -0.0645. The highest BCUT2D eigenvalue weighted by Crippen LogP contribution is 2.30. The van der Waals surface area contributed by atoms with Crippen molar-refractivity contribution in [3.05, 3.63) is 48.7 Å². The third-order valence-electron chi connectivity index (χ3n) is 6.47. The van der Waals surface area contributed by atoms with E-state index in [2.05, 4.69) is 63.4 Å². The number of anilines is 1. The van der Waals surface area contributed by atoms with Crippen molar-refractivity contribution in [2.75, 3.05) is 45.1 Å². The van der Waals surface area contributed by atoms with E-state index in [-0.39, 0.29) is 5.91 Å². The fourth-order valence-corrected chi connectivity index (χ4v) is 4.44. The summed E-state index contributed by atoms with van der Waals surface area (Å²) in [5.41, 5.74) is 4.99. The van der Waals surface area contributed by atoms with Crippen molar-refractivity contribution in [3.63, 3.8) is 0 Å². The first-order valence-electron chi connectivity index (χ1n) is 11.8. The Kier molecular flexibility index (Phi) is 5.76. The summed E-state index contributed by atoms with van der Waals surface area (Å²) in [5.74, 6) is 0.443. The van der Waals surface area contributed by atoms with Crippen LogP contribution in [0.5, 0.6) is 0 Å². The van der Waals surface area contributed by atoms with Crippen molar-refractivity contribution < 1.29 is 4.79 Å². The molecule has 0 bridgehead atoms. The summed E-state index contributed by atoms with van der Waals surface area (Å²) in [6.07, 6.45) is 8.20. The predicted molar refractivity (Wildman–Crippen MR) is 137 cm³/mol. The summed E-state index contributed by atoms with van der Waals surface area (Å²) < 4.78 is 0. The number of nitrogens with one attached hydrogen (secondary N) is 3. The molecule has 5 aromatic heterocycles. The molecule has 6 heterocycles. The Morgan fingerprint density at radius 3 is 2.73 bits per heavy atom. The lowest BCUT2D eigenvalue weighted by Crippen LogP contribution is -2.47.